The second-order valence-electron chi connectivity index (χ2n) is 5.99. The molecule has 1 aliphatic rings. The molecule has 0 bridgehead atoms. The molecule has 1 saturated heterocycles. The van der Waals surface area contributed by atoms with Gasteiger partial charge in [0, 0.05) is 30.5 Å². The van der Waals surface area contributed by atoms with Crippen LogP contribution in [0, 0.1) is 5.82 Å². The van der Waals surface area contributed by atoms with Crippen LogP contribution in [-0.4, -0.2) is 30.4 Å². The van der Waals surface area contributed by atoms with E-state index >= 15 is 0 Å². The Morgan fingerprint density at radius 3 is 2.88 bits per heavy atom. The van der Waals surface area contributed by atoms with Crippen molar-refractivity contribution in [3.05, 3.63) is 69.9 Å². The summed E-state index contributed by atoms with van der Waals surface area (Å²) in [4.78, 5) is 14.6. The number of rotatable bonds is 4. The van der Waals surface area contributed by atoms with Crippen molar-refractivity contribution in [1.82, 2.24) is 10.2 Å². The fourth-order valence-corrected chi connectivity index (χ4v) is 3.55. The largest absolute Gasteiger partial charge is 0.333 e. The lowest BCUT2D eigenvalue weighted by Gasteiger charge is -2.36. The summed E-state index contributed by atoms with van der Waals surface area (Å²) in [5.41, 5.74) is 1.98. The highest BCUT2D eigenvalue weighted by molar-refractivity contribution is 9.10. The minimum absolute atomic E-state index is 0.107. The molecule has 1 aliphatic heterocycles. The number of carbonyl (C=O) groups excluding carboxylic acids is 1. The Hall–Kier alpha value is -1.72. The zero-order valence-electron chi connectivity index (χ0n) is 13.3. The summed E-state index contributed by atoms with van der Waals surface area (Å²) in [5.74, 6) is -0.148. The minimum Gasteiger partial charge on any atom is -0.333 e. The molecular formula is C19H20BrFN2O. The molecule has 1 atom stereocenters. The fourth-order valence-electron chi connectivity index (χ4n) is 3.10. The number of nitrogens with one attached hydrogen (secondary N) is 1. The van der Waals surface area contributed by atoms with E-state index in [1.807, 2.05) is 35.2 Å². The van der Waals surface area contributed by atoms with Crippen molar-refractivity contribution < 1.29 is 9.18 Å². The van der Waals surface area contributed by atoms with Gasteiger partial charge in [0.2, 0.25) is 5.91 Å². The molecular weight excluding hydrogens is 371 g/mol. The maximum absolute atomic E-state index is 13.5. The first-order valence-electron chi connectivity index (χ1n) is 8.13. The normalized spacial score (nSPS) is 17.8. The molecule has 3 rings (SSSR count). The predicted molar refractivity (Wildman–Crippen MR) is 96.2 cm³/mol. The molecule has 0 spiro atoms. The monoisotopic (exact) mass is 390 g/mol. The molecule has 126 valence electrons. The van der Waals surface area contributed by atoms with Gasteiger partial charge in [-0.05, 0) is 41.8 Å². The SMILES string of the molecule is O=C(CCc1cccc(Br)c1)N1CCNCC1c1cccc(F)c1. The van der Waals surface area contributed by atoms with E-state index in [0.717, 1.165) is 22.1 Å². The predicted octanol–water partition coefficient (Wildman–Crippen LogP) is 3.69. The molecule has 24 heavy (non-hydrogen) atoms. The number of aryl methyl sites for hydroxylation is 1. The second-order valence-corrected chi connectivity index (χ2v) is 6.91. The van der Waals surface area contributed by atoms with Gasteiger partial charge in [0.25, 0.3) is 0 Å². The van der Waals surface area contributed by atoms with Crippen LogP contribution in [0.4, 0.5) is 4.39 Å². The number of piperazine rings is 1. The Labute approximate surface area is 150 Å². The van der Waals surface area contributed by atoms with Gasteiger partial charge in [0.1, 0.15) is 5.82 Å². The van der Waals surface area contributed by atoms with Crippen LogP contribution in [0.5, 0.6) is 0 Å². The van der Waals surface area contributed by atoms with Gasteiger partial charge in [-0.15, -0.1) is 0 Å². The Balaban J connectivity index is 1.69. The smallest absolute Gasteiger partial charge is 0.223 e. The first kappa shape index (κ1) is 17.1. The molecule has 0 radical (unpaired) electrons. The van der Waals surface area contributed by atoms with Crippen LogP contribution >= 0.6 is 15.9 Å². The van der Waals surface area contributed by atoms with Crippen molar-refractivity contribution in [3.8, 4) is 0 Å². The van der Waals surface area contributed by atoms with Crippen molar-refractivity contribution in [1.29, 1.82) is 0 Å². The Morgan fingerprint density at radius 2 is 2.08 bits per heavy atom. The molecule has 1 unspecified atom stereocenters. The van der Waals surface area contributed by atoms with Crippen molar-refractivity contribution in [2.24, 2.45) is 0 Å². The lowest BCUT2D eigenvalue weighted by Crippen LogP contribution is -2.48. The summed E-state index contributed by atoms with van der Waals surface area (Å²) in [6.07, 6.45) is 1.17. The van der Waals surface area contributed by atoms with Crippen LogP contribution in [0.25, 0.3) is 0 Å². The highest BCUT2D eigenvalue weighted by atomic mass is 79.9. The van der Waals surface area contributed by atoms with Crippen molar-refractivity contribution in [2.75, 3.05) is 19.6 Å². The van der Waals surface area contributed by atoms with Gasteiger partial charge < -0.3 is 10.2 Å². The summed E-state index contributed by atoms with van der Waals surface area (Å²) >= 11 is 3.45. The van der Waals surface area contributed by atoms with Gasteiger partial charge in [0.05, 0.1) is 6.04 Å². The maximum Gasteiger partial charge on any atom is 0.223 e. The first-order chi connectivity index (χ1) is 11.6. The molecule has 5 heteroatoms. The molecule has 2 aromatic rings. The van der Waals surface area contributed by atoms with Crippen molar-refractivity contribution >= 4 is 21.8 Å². The molecule has 1 heterocycles. The zero-order chi connectivity index (χ0) is 16.9. The van der Waals surface area contributed by atoms with E-state index in [2.05, 4.69) is 21.2 Å². The number of hydrogen-bond acceptors (Lipinski definition) is 2. The number of carbonyl (C=O) groups is 1. The van der Waals surface area contributed by atoms with Gasteiger partial charge in [-0.1, -0.05) is 40.2 Å². The summed E-state index contributed by atoms with van der Waals surface area (Å²) in [6.45, 7) is 2.08. The first-order valence-corrected chi connectivity index (χ1v) is 8.93. The van der Waals surface area contributed by atoms with E-state index in [9.17, 15) is 9.18 Å². The van der Waals surface area contributed by atoms with Gasteiger partial charge in [0.15, 0.2) is 0 Å². The molecule has 0 saturated carbocycles. The van der Waals surface area contributed by atoms with Crippen molar-refractivity contribution in [2.45, 2.75) is 18.9 Å². The summed E-state index contributed by atoms with van der Waals surface area (Å²) in [6, 6.07) is 14.4. The molecule has 1 fully saturated rings. The quantitative estimate of drug-likeness (QED) is 0.862. The van der Waals surface area contributed by atoms with E-state index < -0.39 is 0 Å². The van der Waals surface area contributed by atoms with Crippen LogP contribution in [0.15, 0.2) is 53.0 Å². The van der Waals surface area contributed by atoms with Crippen LogP contribution in [0.3, 0.4) is 0 Å². The zero-order valence-corrected chi connectivity index (χ0v) is 14.9. The summed E-state index contributed by atoms with van der Waals surface area (Å²) in [5, 5.41) is 3.30. The molecule has 0 aromatic heterocycles. The van der Waals surface area contributed by atoms with Crippen molar-refractivity contribution in [3.63, 3.8) is 0 Å². The lowest BCUT2D eigenvalue weighted by molar-refractivity contribution is -0.134. The minimum atomic E-state index is -0.264. The Morgan fingerprint density at radius 1 is 1.25 bits per heavy atom. The third kappa shape index (κ3) is 4.22. The highest BCUT2D eigenvalue weighted by Gasteiger charge is 2.27. The van der Waals surface area contributed by atoms with Crippen LogP contribution in [-0.2, 0) is 11.2 Å². The standard InChI is InChI=1S/C19H20BrFN2O/c20-16-5-1-3-14(11-16)7-8-19(24)23-10-9-22-13-18(23)15-4-2-6-17(21)12-15/h1-6,11-12,18,22H,7-10,13H2. The third-order valence-electron chi connectivity index (χ3n) is 4.31. The third-order valence-corrected chi connectivity index (χ3v) is 4.81. The number of benzene rings is 2. The Kier molecular flexibility index (Phi) is 5.63. The maximum atomic E-state index is 13.5. The van der Waals surface area contributed by atoms with Gasteiger partial charge in [-0.3, -0.25) is 4.79 Å². The number of amides is 1. The molecule has 2 aromatic carbocycles. The average molecular weight is 391 g/mol. The molecule has 3 nitrogen and oxygen atoms in total. The van der Waals surface area contributed by atoms with E-state index in [-0.39, 0.29) is 17.8 Å². The second kappa shape index (κ2) is 7.90. The molecule has 1 N–H and O–H groups in total. The Bertz CT molecular complexity index is 722. The fraction of sp³-hybridized carbons (Fsp3) is 0.316. The lowest BCUT2D eigenvalue weighted by atomic mass is 10.0. The van der Waals surface area contributed by atoms with Gasteiger partial charge in [-0.2, -0.15) is 0 Å². The van der Waals surface area contributed by atoms with E-state index in [4.69, 9.17) is 0 Å². The highest BCUT2D eigenvalue weighted by Crippen LogP contribution is 2.24. The summed E-state index contributed by atoms with van der Waals surface area (Å²) < 4.78 is 14.5. The van der Waals surface area contributed by atoms with Crippen LogP contribution in [0.1, 0.15) is 23.6 Å². The number of hydrogen-bond donors (Lipinski definition) is 1. The summed E-state index contributed by atoms with van der Waals surface area (Å²) in [7, 11) is 0. The van der Waals surface area contributed by atoms with E-state index in [0.29, 0.717) is 25.9 Å². The van der Waals surface area contributed by atoms with Gasteiger partial charge in [-0.25, -0.2) is 4.39 Å². The van der Waals surface area contributed by atoms with E-state index in [1.54, 1.807) is 6.07 Å². The van der Waals surface area contributed by atoms with Gasteiger partial charge >= 0.3 is 0 Å². The molecule has 1 amide bonds. The average Bonchev–Trinajstić information content (AvgIpc) is 2.60. The topological polar surface area (TPSA) is 32.3 Å². The van der Waals surface area contributed by atoms with Crippen LogP contribution in [0.2, 0.25) is 0 Å². The molecule has 0 aliphatic carbocycles. The number of nitrogens with zero attached hydrogens (tertiary/aromatic N) is 1. The van der Waals surface area contributed by atoms with E-state index in [1.165, 1.54) is 12.1 Å². The number of halogens is 2. The van der Waals surface area contributed by atoms with Crippen LogP contribution < -0.4 is 5.32 Å².